The number of urea groups is 1. The van der Waals surface area contributed by atoms with Crippen molar-refractivity contribution >= 4 is 68.1 Å². The molecule has 4 rings (SSSR count). The van der Waals surface area contributed by atoms with Gasteiger partial charge in [-0.3, -0.25) is 14.9 Å². The second-order valence-electron chi connectivity index (χ2n) is 8.21. The number of nitrogens with zero attached hydrogens (tertiary/aromatic N) is 2. The molecule has 0 unspecified atom stereocenters. The maximum atomic E-state index is 13.3. The van der Waals surface area contributed by atoms with E-state index in [1.807, 2.05) is 26.0 Å². The third-order valence-corrected chi connectivity index (χ3v) is 7.34. The van der Waals surface area contributed by atoms with Crippen LogP contribution in [0.1, 0.15) is 29.2 Å². The number of nitriles is 1. The van der Waals surface area contributed by atoms with Crippen LogP contribution < -0.4 is 19.7 Å². The van der Waals surface area contributed by atoms with Crippen molar-refractivity contribution in [2.24, 2.45) is 0 Å². The first kappa shape index (κ1) is 27.3. The quantitative estimate of drug-likeness (QED) is 0.189. The molecule has 3 aromatic carbocycles. The van der Waals surface area contributed by atoms with Crippen LogP contribution in [-0.2, 0) is 16.2 Å². The van der Waals surface area contributed by atoms with Gasteiger partial charge in [0.2, 0.25) is 0 Å². The Bertz CT molecular complexity index is 1530. The van der Waals surface area contributed by atoms with E-state index in [1.54, 1.807) is 42.5 Å². The summed E-state index contributed by atoms with van der Waals surface area (Å²) in [5.74, 6) is -0.627. The maximum Gasteiger partial charge on any atom is 0.335 e. The Hall–Kier alpha value is -3.69. The molecule has 1 saturated heterocycles. The molecule has 0 aliphatic carbocycles. The van der Waals surface area contributed by atoms with E-state index in [1.165, 1.54) is 6.08 Å². The fourth-order valence-corrected chi connectivity index (χ4v) is 4.83. The number of imide groups is 2. The monoisotopic (exact) mass is 685 g/mol. The van der Waals surface area contributed by atoms with Gasteiger partial charge in [0, 0.05) is 10.0 Å². The molecule has 1 fully saturated rings. The van der Waals surface area contributed by atoms with E-state index >= 15 is 0 Å². The Morgan fingerprint density at radius 1 is 1.11 bits per heavy atom. The summed E-state index contributed by atoms with van der Waals surface area (Å²) in [6, 6.07) is 16.9. The summed E-state index contributed by atoms with van der Waals surface area (Å²) in [7, 11) is 0. The van der Waals surface area contributed by atoms with Crippen LogP contribution >= 0.6 is 38.5 Å². The van der Waals surface area contributed by atoms with E-state index in [4.69, 9.17) is 9.47 Å². The van der Waals surface area contributed by atoms with Crippen LogP contribution in [0.5, 0.6) is 11.5 Å². The predicted molar refractivity (Wildman–Crippen MR) is 154 cm³/mol. The van der Waals surface area contributed by atoms with Gasteiger partial charge in [0.05, 0.1) is 27.5 Å². The third kappa shape index (κ3) is 5.74. The number of rotatable bonds is 7. The highest BCUT2D eigenvalue weighted by Crippen LogP contribution is 2.36. The number of benzene rings is 3. The van der Waals surface area contributed by atoms with Gasteiger partial charge in [-0.25, -0.2) is 9.69 Å². The highest BCUT2D eigenvalue weighted by molar-refractivity contribution is 14.1. The number of aryl methyl sites for hydroxylation is 1. The number of ether oxygens (including phenoxy) is 2. The second-order valence-corrected chi connectivity index (χ2v) is 10.2. The van der Waals surface area contributed by atoms with E-state index < -0.39 is 17.8 Å². The second kappa shape index (κ2) is 11.8. The van der Waals surface area contributed by atoms with Gasteiger partial charge in [-0.1, -0.05) is 34.1 Å². The van der Waals surface area contributed by atoms with Gasteiger partial charge in [-0.2, -0.15) is 5.26 Å². The number of carbonyl (C=O) groups is 3. The third-order valence-electron chi connectivity index (χ3n) is 5.65. The minimum absolute atomic E-state index is 0.158. The van der Waals surface area contributed by atoms with Gasteiger partial charge in [0.15, 0.2) is 11.5 Å². The van der Waals surface area contributed by atoms with Crippen molar-refractivity contribution in [3.05, 3.63) is 90.5 Å². The summed E-state index contributed by atoms with van der Waals surface area (Å²) in [5.41, 5.74) is 2.75. The topological polar surface area (TPSA) is 109 Å². The lowest BCUT2D eigenvalue weighted by Crippen LogP contribution is -2.54. The largest absolute Gasteiger partial charge is 0.490 e. The number of hydrogen-bond donors (Lipinski definition) is 1. The smallest absolute Gasteiger partial charge is 0.335 e. The summed E-state index contributed by atoms with van der Waals surface area (Å²) in [5, 5.41) is 11.6. The highest BCUT2D eigenvalue weighted by atomic mass is 127. The maximum absolute atomic E-state index is 13.3. The molecular formula is C28H21BrIN3O5. The molecule has 1 N–H and O–H groups in total. The lowest BCUT2D eigenvalue weighted by molar-refractivity contribution is -0.122. The molecule has 192 valence electrons. The molecule has 1 aliphatic heterocycles. The molecule has 4 amide bonds. The predicted octanol–water partition coefficient (Wildman–Crippen LogP) is 5.88. The molecule has 10 heteroatoms. The molecule has 3 aromatic rings. The van der Waals surface area contributed by atoms with Crippen molar-refractivity contribution in [1.29, 1.82) is 5.26 Å². The molecule has 0 radical (unpaired) electrons. The molecule has 0 atom stereocenters. The van der Waals surface area contributed by atoms with Crippen molar-refractivity contribution in [2.75, 3.05) is 11.5 Å². The van der Waals surface area contributed by atoms with Crippen LogP contribution in [0.4, 0.5) is 10.5 Å². The zero-order chi connectivity index (χ0) is 27.4. The first-order valence-electron chi connectivity index (χ1n) is 11.5. The zero-order valence-corrected chi connectivity index (χ0v) is 24.1. The van der Waals surface area contributed by atoms with Gasteiger partial charge < -0.3 is 9.47 Å². The van der Waals surface area contributed by atoms with E-state index in [9.17, 15) is 19.6 Å². The van der Waals surface area contributed by atoms with Crippen LogP contribution in [0.15, 0.2) is 64.6 Å². The molecule has 0 aromatic heterocycles. The van der Waals surface area contributed by atoms with Crippen molar-refractivity contribution in [3.8, 4) is 17.6 Å². The van der Waals surface area contributed by atoms with E-state index in [2.05, 4.69) is 49.9 Å². The standard InChI is InChI=1S/C28H21BrIN3O5/c1-3-37-24-13-17(12-23(30)25(24)38-15-19-7-5-4-6-18(19)14-31)11-21-26(34)32-28(36)33(27(21)35)20-8-9-22(29)16(2)10-20/h4-13H,3,15H2,1-2H3,(H,32,34,36)/b21-11+. The van der Waals surface area contributed by atoms with Crippen molar-refractivity contribution in [2.45, 2.75) is 20.5 Å². The lowest BCUT2D eigenvalue weighted by Gasteiger charge is -2.26. The lowest BCUT2D eigenvalue weighted by atomic mass is 10.1. The number of nitrogens with one attached hydrogen (secondary N) is 1. The fraction of sp³-hybridized carbons (Fsp3) is 0.143. The summed E-state index contributed by atoms with van der Waals surface area (Å²) in [6.45, 7) is 4.17. The van der Waals surface area contributed by atoms with Gasteiger partial charge in [-0.15, -0.1) is 0 Å². The highest BCUT2D eigenvalue weighted by Gasteiger charge is 2.37. The van der Waals surface area contributed by atoms with Gasteiger partial charge in [0.25, 0.3) is 11.8 Å². The Balaban J connectivity index is 1.68. The zero-order valence-electron chi connectivity index (χ0n) is 20.4. The summed E-state index contributed by atoms with van der Waals surface area (Å²) in [6.07, 6.45) is 1.42. The molecular weight excluding hydrogens is 665 g/mol. The van der Waals surface area contributed by atoms with E-state index in [0.29, 0.717) is 38.5 Å². The minimum atomic E-state index is -0.815. The molecule has 0 spiro atoms. The molecule has 1 aliphatic rings. The Labute approximate surface area is 241 Å². The average molecular weight is 686 g/mol. The molecule has 38 heavy (non-hydrogen) atoms. The Kier molecular flexibility index (Phi) is 8.48. The Morgan fingerprint density at radius 2 is 1.87 bits per heavy atom. The van der Waals surface area contributed by atoms with Crippen LogP contribution in [0.25, 0.3) is 6.08 Å². The SMILES string of the molecule is CCOc1cc(/C=C2\C(=O)NC(=O)N(c3ccc(Br)c(C)c3)C2=O)cc(I)c1OCc1ccccc1C#N. The van der Waals surface area contributed by atoms with Crippen molar-refractivity contribution < 1.29 is 23.9 Å². The first-order valence-corrected chi connectivity index (χ1v) is 13.4. The van der Waals surface area contributed by atoms with Crippen LogP contribution in [-0.4, -0.2) is 24.5 Å². The van der Waals surface area contributed by atoms with Crippen molar-refractivity contribution in [1.82, 2.24) is 5.32 Å². The van der Waals surface area contributed by atoms with Gasteiger partial charge in [-0.05, 0) is 90.0 Å². The Morgan fingerprint density at radius 3 is 2.58 bits per heavy atom. The summed E-state index contributed by atoms with van der Waals surface area (Å²) >= 11 is 5.49. The number of anilines is 1. The minimum Gasteiger partial charge on any atom is -0.490 e. The van der Waals surface area contributed by atoms with E-state index in [-0.39, 0.29) is 12.2 Å². The van der Waals surface area contributed by atoms with Crippen molar-refractivity contribution in [3.63, 3.8) is 0 Å². The molecule has 0 bridgehead atoms. The van der Waals surface area contributed by atoms with Crippen LogP contribution in [0, 0.1) is 21.8 Å². The number of barbiturate groups is 1. The average Bonchev–Trinajstić information content (AvgIpc) is 2.88. The van der Waals surface area contributed by atoms with Gasteiger partial charge in [0.1, 0.15) is 12.2 Å². The number of carbonyl (C=O) groups excluding carboxylic acids is 3. The number of amides is 4. The van der Waals surface area contributed by atoms with E-state index in [0.717, 1.165) is 20.5 Å². The summed E-state index contributed by atoms with van der Waals surface area (Å²) < 4.78 is 13.3. The van der Waals surface area contributed by atoms with Gasteiger partial charge >= 0.3 is 6.03 Å². The molecule has 0 saturated carbocycles. The first-order chi connectivity index (χ1) is 18.2. The van der Waals surface area contributed by atoms with Crippen LogP contribution in [0.3, 0.4) is 0 Å². The number of halogens is 2. The fourth-order valence-electron chi connectivity index (χ4n) is 3.81. The molecule has 1 heterocycles. The van der Waals surface area contributed by atoms with Crippen LogP contribution in [0.2, 0.25) is 0 Å². The normalized spacial score (nSPS) is 14.3. The summed E-state index contributed by atoms with van der Waals surface area (Å²) in [4.78, 5) is 39.5. The number of hydrogen-bond acceptors (Lipinski definition) is 6. The molecule has 8 nitrogen and oxygen atoms in total.